The number of hydrogen-bond donors (Lipinski definition) is 1. The lowest BCUT2D eigenvalue weighted by Gasteiger charge is -2.02. The maximum absolute atomic E-state index is 11.4. The molecule has 0 bridgehead atoms. The highest BCUT2D eigenvalue weighted by Gasteiger charge is 2.03. The summed E-state index contributed by atoms with van der Waals surface area (Å²) in [6.45, 7) is 4.83. The summed E-state index contributed by atoms with van der Waals surface area (Å²) in [5, 5.41) is 7.08. The Morgan fingerprint density at radius 2 is 2.10 bits per heavy atom. The second-order valence-electron chi connectivity index (χ2n) is 4.55. The molecular formula is C16H19N3O. The molecule has 0 fully saturated rings. The Hall–Kier alpha value is -2.36. The van der Waals surface area contributed by atoms with Crippen molar-refractivity contribution in [2.45, 2.75) is 19.4 Å². The minimum atomic E-state index is 0.0559. The van der Waals surface area contributed by atoms with Gasteiger partial charge in [-0.1, -0.05) is 36.4 Å². The predicted octanol–water partition coefficient (Wildman–Crippen LogP) is 2.63. The van der Waals surface area contributed by atoms with E-state index in [1.54, 1.807) is 6.08 Å². The molecular weight excluding hydrogens is 250 g/mol. The molecule has 1 aromatic carbocycles. The largest absolute Gasteiger partial charge is 0.353 e. The van der Waals surface area contributed by atoms with E-state index in [0.717, 1.165) is 24.1 Å². The van der Waals surface area contributed by atoms with Crippen LogP contribution >= 0.6 is 0 Å². The van der Waals surface area contributed by atoms with Crippen LogP contribution in [0.4, 0.5) is 0 Å². The molecule has 2 rings (SSSR count). The van der Waals surface area contributed by atoms with Gasteiger partial charge in [-0.15, -0.1) is 6.58 Å². The SMILES string of the molecule is C=CCNC(=O)CCCn1cc(-c2ccccc2)cn1. The first-order valence-electron chi connectivity index (χ1n) is 6.75. The summed E-state index contributed by atoms with van der Waals surface area (Å²) in [5.74, 6) is 0.0559. The second-order valence-corrected chi connectivity index (χ2v) is 4.55. The van der Waals surface area contributed by atoms with E-state index in [9.17, 15) is 4.79 Å². The third-order valence-electron chi connectivity index (χ3n) is 2.97. The molecule has 0 radical (unpaired) electrons. The monoisotopic (exact) mass is 269 g/mol. The zero-order valence-electron chi connectivity index (χ0n) is 11.5. The smallest absolute Gasteiger partial charge is 0.220 e. The summed E-state index contributed by atoms with van der Waals surface area (Å²) in [6.07, 6.45) is 6.83. The maximum Gasteiger partial charge on any atom is 0.220 e. The van der Waals surface area contributed by atoms with Gasteiger partial charge in [-0.05, 0) is 12.0 Å². The number of aryl methyl sites for hydroxylation is 1. The summed E-state index contributed by atoms with van der Waals surface area (Å²) in [7, 11) is 0. The molecule has 20 heavy (non-hydrogen) atoms. The quantitative estimate of drug-likeness (QED) is 0.785. The van der Waals surface area contributed by atoms with Crippen molar-refractivity contribution in [3.05, 3.63) is 55.4 Å². The third kappa shape index (κ3) is 4.09. The normalized spacial score (nSPS) is 10.2. The Bertz CT molecular complexity index is 560. The fourth-order valence-electron chi connectivity index (χ4n) is 1.94. The van der Waals surface area contributed by atoms with Crippen LogP contribution in [0.25, 0.3) is 11.1 Å². The Morgan fingerprint density at radius 3 is 2.85 bits per heavy atom. The Labute approximate surface area is 119 Å². The molecule has 1 heterocycles. The minimum absolute atomic E-state index is 0.0559. The summed E-state index contributed by atoms with van der Waals surface area (Å²) < 4.78 is 1.88. The van der Waals surface area contributed by atoms with Gasteiger partial charge >= 0.3 is 0 Å². The van der Waals surface area contributed by atoms with Gasteiger partial charge in [-0.2, -0.15) is 5.10 Å². The predicted molar refractivity (Wildman–Crippen MR) is 80.1 cm³/mol. The topological polar surface area (TPSA) is 46.9 Å². The van der Waals surface area contributed by atoms with Crippen molar-refractivity contribution in [1.82, 2.24) is 15.1 Å². The van der Waals surface area contributed by atoms with Crippen molar-refractivity contribution in [2.75, 3.05) is 6.54 Å². The highest BCUT2D eigenvalue weighted by molar-refractivity contribution is 5.75. The molecule has 0 spiro atoms. The number of rotatable bonds is 7. The summed E-state index contributed by atoms with van der Waals surface area (Å²) in [4.78, 5) is 11.4. The summed E-state index contributed by atoms with van der Waals surface area (Å²) in [6, 6.07) is 10.1. The minimum Gasteiger partial charge on any atom is -0.353 e. The van der Waals surface area contributed by atoms with Crippen molar-refractivity contribution in [2.24, 2.45) is 0 Å². The Kier molecular flexibility index (Phi) is 5.12. The lowest BCUT2D eigenvalue weighted by molar-refractivity contribution is -0.121. The molecule has 4 nitrogen and oxygen atoms in total. The number of amides is 1. The molecule has 1 N–H and O–H groups in total. The average molecular weight is 269 g/mol. The zero-order chi connectivity index (χ0) is 14.2. The van der Waals surface area contributed by atoms with E-state index in [0.29, 0.717) is 13.0 Å². The maximum atomic E-state index is 11.4. The Balaban J connectivity index is 1.82. The fourth-order valence-corrected chi connectivity index (χ4v) is 1.94. The molecule has 1 amide bonds. The van der Waals surface area contributed by atoms with E-state index in [1.165, 1.54) is 0 Å². The van der Waals surface area contributed by atoms with E-state index in [2.05, 4.69) is 29.1 Å². The lowest BCUT2D eigenvalue weighted by Crippen LogP contribution is -2.23. The molecule has 104 valence electrons. The van der Waals surface area contributed by atoms with Gasteiger partial charge < -0.3 is 5.32 Å². The van der Waals surface area contributed by atoms with Crippen LogP contribution < -0.4 is 5.32 Å². The molecule has 4 heteroatoms. The first-order chi connectivity index (χ1) is 9.79. The van der Waals surface area contributed by atoms with Crippen molar-refractivity contribution < 1.29 is 4.79 Å². The van der Waals surface area contributed by atoms with E-state index in [4.69, 9.17) is 0 Å². The molecule has 2 aromatic rings. The first kappa shape index (κ1) is 14.1. The van der Waals surface area contributed by atoms with Crippen molar-refractivity contribution in [3.63, 3.8) is 0 Å². The molecule has 0 unspecified atom stereocenters. The van der Waals surface area contributed by atoms with Gasteiger partial charge in [-0.3, -0.25) is 9.48 Å². The number of nitrogens with zero attached hydrogens (tertiary/aromatic N) is 2. The van der Waals surface area contributed by atoms with Crippen LogP contribution in [-0.2, 0) is 11.3 Å². The van der Waals surface area contributed by atoms with Crippen LogP contribution in [0.2, 0.25) is 0 Å². The zero-order valence-corrected chi connectivity index (χ0v) is 11.5. The van der Waals surface area contributed by atoms with Gasteiger partial charge in [0.15, 0.2) is 0 Å². The van der Waals surface area contributed by atoms with Crippen molar-refractivity contribution in [3.8, 4) is 11.1 Å². The molecule has 0 aliphatic rings. The van der Waals surface area contributed by atoms with E-state index >= 15 is 0 Å². The van der Waals surface area contributed by atoms with Crippen LogP contribution in [0.5, 0.6) is 0 Å². The van der Waals surface area contributed by atoms with Crippen LogP contribution in [0.1, 0.15) is 12.8 Å². The second kappa shape index (κ2) is 7.28. The number of nitrogens with one attached hydrogen (secondary N) is 1. The van der Waals surface area contributed by atoms with Crippen LogP contribution in [0.3, 0.4) is 0 Å². The van der Waals surface area contributed by atoms with E-state index < -0.39 is 0 Å². The van der Waals surface area contributed by atoms with Crippen molar-refractivity contribution >= 4 is 5.91 Å². The third-order valence-corrected chi connectivity index (χ3v) is 2.97. The molecule has 0 saturated carbocycles. The van der Waals surface area contributed by atoms with Gasteiger partial charge in [0, 0.05) is 31.3 Å². The molecule has 0 saturated heterocycles. The summed E-state index contributed by atoms with van der Waals surface area (Å²) >= 11 is 0. The average Bonchev–Trinajstić information content (AvgIpc) is 2.95. The number of hydrogen-bond acceptors (Lipinski definition) is 2. The van der Waals surface area contributed by atoms with Crippen LogP contribution in [0.15, 0.2) is 55.4 Å². The lowest BCUT2D eigenvalue weighted by atomic mass is 10.1. The van der Waals surface area contributed by atoms with Gasteiger partial charge in [0.2, 0.25) is 5.91 Å². The number of carbonyl (C=O) groups excluding carboxylic acids is 1. The van der Waals surface area contributed by atoms with Gasteiger partial charge in [0.25, 0.3) is 0 Å². The Morgan fingerprint density at radius 1 is 1.30 bits per heavy atom. The van der Waals surface area contributed by atoms with Gasteiger partial charge in [-0.25, -0.2) is 0 Å². The van der Waals surface area contributed by atoms with Gasteiger partial charge in [0.1, 0.15) is 0 Å². The van der Waals surface area contributed by atoms with Crippen molar-refractivity contribution in [1.29, 1.82) is 0 Å². The van der Waals surface area contributed by atoms with Crippen LogP contribution in [0, 0.1) is 0 Å². The highest BCUT2D eigenvalue weighted by Crippen LogP contribution is 2.17. The van der Waals surface area contributed by atoms with Gasteiger partial charge in [0.05, 0.1) is 6.20 Å². The number of carbonyl (C=O) groups is 1. The fraction of sp³-hybridized carbons (Fsp3) is 0.250. The number of aromatic nitrogens is 2. The molecule has 0 aliphatic carbocycles. The number of benzene rings is 1. The van der Waals surface area contributed by atoms with Crippen LogP contribution in [-0.4, -0.2) is 22.2 Å². The molecule has 1 aromatic heterocycles. The van der Waals surface area contributed by atoms with E-state index in [1.807, 2.05) is 35.3 Å². The summed E-state index contributed by atoms with van der Waals surface area (Å²) in [5.41, 5.74) is 2.25. The molecule has 0 aliphatic heterocycles. The van der Waals surface area contributed by atoms with E-state index in [-0.39, 0.29) is 5.91 Å². The molecule has 0 atom stereocenters. The first-order valence-corrected chi connectivity index (χ1v) is 6.75. The standard InChI is InChI=1S/C16H19N3O/c1-2-10-17-16(20)9-6-11-19-13-15(12-18-19)14-7-4-3-5-8-14/h2-5,7-8,12-13H,1,6,9-11H2,(H,17,20). The highest BCUT2D eigenvalue weighted by atomic mass is 16.1.